The van der Waals surface area contributed by atoms with Crippen LogP contribution in [0.25, 0.3) is 0 Å². The van der Waals surface area contributed by atoms with E-state index >= 15 is 0 Å². The van der Waals surface area contributed by atoms with Gasteiger partial charge in [0, 0.05) is 5.16 Å². The first-order chi connectivity index (χ1) is 7.68. The van der Waals surface area contributed by atoms with Crippen LogP contribution in [-0.2, 0) is 0 Å². The van der Waals surface area contributed by atoms with Crippen molar-refractivity contribution in [3.63, 3.8) is 0 Å². The van der Waals surface area contributed by atoms with Crippen LogP contribution < -0.4 is 0 Å². The third-order valence-electron chi connectivity index (χ3n) is 1.36. The molecule has 0 aromatic carbocycles. The van der Waals surface area contributed by atoms with Crippen molar-refractivity contribution in [1.29, 1.82) is 0 Å². The standard InChI is InChI=1S/C4HN7O5/c12-10(2-1-5-15-7-2)6-3-4(11(13)14)9-16-8-3/h1H. The zero-order valence-electron chi connectivity index (χ0n) is 7.25. The first-order valence-corrected chi connectivity index (χ1v) is 3.62. The summed E-state index contributed by atoms with van der Waals surface area (Å²) in [5, 5.41) is 37.1. The van der Waals surface area contributed by atoms with E-state index in [4.69, 9.17) is 0 Å². The van der Waals surface area contributed by atoms with Crippen molar-refractivity contribution in [2.75, 3.05) is 0 Å². The van der Waals surface area contributed by atoms with Gasteiger partial charge in [-0.25, -0.2) is 0 Å². The monoisotopic (exact) mass is 227 g/mol. The molecule has 0 bridgehead atoms. The fourth-order valence-corrected chi connectivity index (χ4v) is 0.739. The molecule has 0 spiro atoms. The molecule has 2 heterocycles. The fraction of sp³-hybridized carbons (Fsp3) is 0. The van der Waals surface area contributed by atoms with Gasteiger partial charge in [-0.3, -0.25) is 0 Å². The van der Waals surface area contributed by atoms with E-state index in [9.17, 15) is 15.3 Å². The highest BCUT2D eigenvalue weighted by molar-refractivity contribution is 5.41. The first-order valence-electron chi connectivity index (χ1n) is 3.62. The summed E-state index contributed by atoms with van der Waals surface area (Å²) in [7, 11) is 0. The molecule has 2 rings (SSSR count). The summed E-state index contributed by atoms with van der Waals surface area (Å²) in [4.78, 5) is 9.40. The zero-order chi connectivity index (χ0) is 11.5. The molecule has 16 heavy (non-hydrogen) atoms. The summed E-state index contributed by atoms with van der Waals surface area (Å²) >= 11 is 0. The molecule has 82 valence electrons. The van der Waals surface area contributed by atoms with Gasteiger partial charge in [-0.1, -0.05) is 0 Å². The Kier molecular flexibility index (Phi) is 2.21. The van der Waals surface area contributed by atoms with Crippen LogP contribution >= 0.6 is 0 Å². The highest BCUT2D eigenvalue weighted by Gasteiger charge is 2.24. The topological polar surface area (TPSA) is 159 Å². The van der Waals surface area contributed by atoms with Crippen molar-refractivity contribution in [3.05, 3.63) is 21.5 Å². The minimum absolute atomic E-state index is 0.0664. The summed E-state index contributed by atoms with van der Waals surface area (Å²) in [5.74, 6) is -1.65. The van der Waals surface area contributed by atoms with E-state index < -0.39 is 16.6 Å². The predicted molar refractivity (Wildman–Crippen MR) is 40.6 cm³/mol. The van der Waals surface area contributed by atoms with Gasteiger partial charge in [-0.15, -0.1) is 14.1 Å². The largest absolute Gasteiger partial charge is 0.690 e. The van der Waals surface area contributed by atoms with E-state index in [-0.39, 0.29) is 10.7 Å². The van der Waals surface area contributed by atoms with E-state index in [1.807, 2.05) is 0 Å². The molecule has 0 saturated carbocycles. The molecule has 0 aliphatic heterocycles. The molecular formula is C4HN7O5. The second-order valence-electron chi connectivity index (χ2n) is 2.31. The summed E-state index contributed by atoms with van der Waals surface area (Å²) in [6.07, 6.45) is 0.968. The number of aromatic nitrogens is 4. The lowest BCUT2D eigenvalue weighted by Crippen LogP contribution is -1.92. The maximum absolute atomic E-state index is 11.2. The van der Waals surface area contributed by atoms with E-state index in [0.717, 1.165) is 6.20 Å². The average molecular weight is 227 g/mol. The third-order valence-corrected chi connectivity index (χ3v) is 1.36. The van der Waals surface area contributed by atoms with Crippen molar-refractivity contribution >= 4 is 17.5 Å². The van der Waals surface area contributed by atoms with Crippen molar-refractivity contribution in [2.45, 2.75) is 0 Å². The lowest BCUT2D eigenvalue weighted by atomic mass is 10.7. The lowest BCUT2D eigenvalue weighted by molar-refractivity contribution is -0.442. The highest BCUT2D eigenvalue weighted by Crippen LogP contribution is 2.22. The SMILES string of the molecule is O=[N+]([O-])c1nonc1N=[N+]([O-])c1cnon1. The van der Waals surface area contributed by atoms with E-state index in [1.54, 1.807) is 0 Å². The van der Waals surface area contributed by atoms with Gasteiger partial charge in [-0.05, 0) is 15.2 Å². The molecule has 0 saturated heterocycles. The minimum atomic E-state index is -0.899. The second-order valence-corrected chi connectivity index (χ2v) is 2.31. The lowest BCUT2D eigenvalue weighted by Gasteiger charge is -1.95. The fourth-order valence-electron chi connectivity index (χ4n) is 0.739. The number of nitro groups is 1. The van der Waals surface area contributed by atoms with Crippen molar-refractivity contribution in [1.82, 2.24) is 20.6 Å². The van der Waals surface area contributed by atoms with Crippen LogP contribution in [0.1, 0.15) is 0 Å². The second kappa shape index (κ2) is 3.68. The van der Waals surface area contributed by atoms with Crippen molar-refractivity contribution < 1.29 is 19.0 Å². The molecule has 0 aliphatic carbocycles. The van der Waals surface area contributed by atoms with Crippen LogP contribution in [0.4, 0.5) is 17.5 Å². The van der Waals surface area contributed by atoms with Crippen LogP contribution in [0.3, 0.4) is 0 Å². The molecule has 0 N–H and O–H groups in total. The van der Waals surface area contributed by atoms with Gasteiger partial charge in [0.05, 0.1) is 0 Å². The molecule has 12 heteroatoms. The van der Waals surface area contributed by atoms with Crippen LogP contribution in [-0.4, -0.2) is 30.4 Å². The molecule has 0 unspecified atom stereocenters. The van der Waals surface area contributed by atoms with Crippen molar-refractivity contribution in [2.24, 2.45) is 5.11 Å². The summed E-state index contributed by atoms with van der Waals surface area (Å²) in [6.45, 7) is 0. The molecule has 2 aromatic heterocycles. The maximum atomic E-state index is 11.2. The van der Waals surface area contributed by atoms with Gasteiger partial charge in [0.15, 0.2) is 16.5 Å². The number of azo groups is 1. The number of rotatable bonds is 3. The number of hydrogen-bond acceptors (Lipinski definition) is 10. The van der Waals surface area contributed by atoms with E-state index in [1.165, 1.54) is 0 Å². The molecule has 0 fully saturated rings. The Morgan fingerprint density at radius 2 is 2.06 bits per heavy atom. The molecule has 0 radical (unpaired) electrons. The van der Waals surface area contributed by atoms with Crippen LogP contribution in [0, 0.1) is 15.3 Å². The molecule has 0 atom stereocenters. The van der Waals surface area contributed by atoms with E-state index in [0.29, 0.717) is 0 Å². The van der Waals surface area contributed by atoms with Crippen LogP contribution in [0.2, 0.25) is 0 Å². The van der Waals surface area contributed by atoms with Gasteiger partial charge in [0.2, 0.25) is 0 Å². The van der Waals surface area contributed by atoms with Gasteiger partial charge >= 0.3 is 17.5 Å². The Morgan fingerprint density at radius 3 is 2.69 bits per heavy atom. The molecule has 0 aliphatic rings. The Morgan fingerprint density at radius 1 is 1.25 bits per heavy atom. The molecular weight excluding hydrogens is 226 g/mol. The Hall–Kier alpha value is -2.92. The number of nitrogens with zero attached hydrogens (tertiary/aromatic N) is 7. The third kappa shape index (κ3) is 1.66. The molecule has 2 aromatic rings. The van der Waals surface area contributed by atoms with Gasteiger partial charge in [-0.2, -0.15) is 0 Å². The average Bonchev–Trinajstić information content (AvgIpc) is 2.86. The predicted octanol–water partition coefficient (Wildman–Crippen LogP) is 0.286. The summed E-state index contributed by atoms with van der Waals surface area (Å²) in [5.41, 5.74) is 0. The van der Waals surface area contributed by atoms with Crippen LogP contribution in [0.5, 0.6) is 0 Å². The molecule has 0 amide bonds. The maximum Gasteiger partial charge on any atom is 0.465 e. The summed E-state index contributed by atoms with van der Waals surface area (Å²) < 4.78 is 8.20. The number of hydrogen-bond donors (Lipinski definition) is 0. The first kappa shape index (κ1) is 9.63. The summed E-state index contributed by atoms with van der Waals surface area (Å²) in [6, 6.07) is 0. The smallest absolute Gasteiger partial charge is 0.465 e. The Bertz CT molecular complexity index is 529. The van der Waals surface area contributed by atoms with Crippen molar-refractivity contribution in [3.8, 4) is 0 Å². The Balaban J connectivity index is 2.36. The quantitative estimate of drug-likeness (QED) is 0.310. The van der Waals surface area contributed by atoms with Crippen LogP contribution in [0.15, 0.2) is 20.6 Å². The highest BCUT2D eigenvalue weighted by atomic mass is 16.6. The van der Waals surface area contributed by atoms with Gasteiger partial charge < -0.3 is 15.3 Å². The van der Waals surface area contributed by atoms with Gasteiger partial charge in [0.25, 0.3) is 0 Å². The van der Waals surface area contributed by atoms with E-state index in [2.05, 4.69) is 35.0 Å². The molecule has 12 nitrogen and oxygen atoms in total. The minimum Gasteiger partial charge on any atom is -0.690 e. The Labute approximate surface area is 84.8 Å². The zero-order valence-corrected chi connectivity index (χ0v) is 7.25. The van der Waals surface area contributed by atoms with Gasteiger partial charge in [0.1, 0.15) is 0 Å². The normalized spacial score (nSPS) is 11.6.